The van der Waals surface area contributed by atoms with Gasteiger partial charge in [-0.3, -0.25) is 4.72 Å². The van der Waals surface area contributed by atoms with E-state index >= 15 is 0 Å². The molecule has 2 rings (SSSR count). The lowest BCUT2D eigenvalue weighted by Crippen LogP contribution is -2.15. The quantitative estimate of drug-likeness (QED) is 0.763. The van der Waals surface area contributed by atoms with Crippen LogP contribution in [0.4, 0.5) is 17.1 Å². The van der Waals surface area contributed by atoms with Crippen molar-refractivity contribution in [2.75, 3.05) is 15.8 Å². The molecule has 6 heteroatoms. The first kappa shape index (κ1) is 16.8. The van der Waals surface area contributed by atoms with E-state index < -0.39 is 10.0 Å². The SMILES string of the molecule is CCCS(=O)(=O)Nc1ccc(Nc2ccc(Br)c(C)c2)cc1. The predicted octanol–water partition coefficient (Wildman–Crippen LogP) is 4.65. The number of benzene rings is 2. The smallest absolute Gasteiger partial charge is 0.232 e. The van der Waals surface area contributed by atoms with Crippen LogP contribution < -0.4 is 10.0 Å². The zero-order chi connectivity index (χ0) is 16.2. The Morgan fingerprint density at radius 3 is 2.18 bits per heavy atom. The molecule has 0 heterocycles. The number of sulfonamides is 1. The Morgan fingerprint density at radius 2 is 1.59 bits per heavy atom. The van der Waals surface area contributed by atoms with Crippen molar-refractivity contribution >= 4 is 43.0 Å². The fourth-order valence-electron chi connectivity index (χ4n) is 2.01. The van der Waals surface area contributed by atoms with Crippen molar-refractivity contribution in [3.63, 3.8) is 0 Å². The molecule has 0 aliphatic rings. The molecule has 2 aromatic carbocycles. The Hall–Kier alpha value is -1.53. The molecule has 0 spiro atoms. The maximum atomic E-state index is 11.7. The minimum Gasteiger partial charge on any atom is -0.356 e. The van der Waals surface area contributed by atoms with Crippen LogP contribution in [0.5, 0.6) is 0 Å². The van der Waals surface area contributed by atoms with E-state index in [1.807, 2.05) is 44.2 Å². The van der Waals surface area contributed by atoms with E-state index in [-0.39, 0.29) is 5.75 Å². The van der Waals surface area contributed by atoms with E-state index in [1.54, 1.807) is 12.1 Å². The van der Waals surface area contributed by atoms with Gasteiger partial charge in [0.05, 0.1) is 5.75 Å². The summed E-state index contributed by atoms with van der Waals surface area (Å²) in [6.07, 6.45) is 0.595. The third kappa shape index (κ3) is 4.74. The van der Waals surface area contributed by atoms with Gasteiger partial charge in [0, 0.05) is 21.5 Å². The first-order valence-electron chi connectivity index (χ1n) is 7.03. The van der Waals surface area contributed by atoms with Gasteiger partial charge in [0.25, 0.3) is 0 Å². The van der Waals surface area contributed by atoms with Gasteiger partial charge in [-0.1, -0.05) is 22.9 Å². The average molecular weight is 383 g/mol. The molecule has 0 aliphatic heterocycles. The van der Waals surface area contributed by atoms with E-state index in [1.165, 1.54) is 0 Å². The maximum absolute atomic E-state index is 11.7. The molecule has 0 radical (unpaired) electrons. The molecule has 0 amide bonds. The van der Waals surface area contributed by atoms with Gasteiger partial charge in [-0.05, 0) is 61.4 Å². The molecule has 0 unspecified atom stereocenters. The highest BCUT2D eigenvalue weighted by atomic mass is 79.9. The van der Waals surface area contributed by atoms with Gasteiger partial charge in [-0.15, -0.1) is 0 Å². The maximum Gasteiger partial charge on any atom is 0.232 e. The van der Waals surface area contributed by atoms with Crippen LogP contribution in [0.15, 0.2) is 46.9 Å². The Bertz CT molecular complexity index is 743. The third-order valence-electron chi connectivity index (χ3n) is 3.08. The van der Waals surface area contributed by atoms with Crippen LogP contribution in [0.25, 0.3) is 0 Å². The summed E-state index contributed by atoms with van der Waals surface area (Å²) in [6, 6.07) is 13.2. The lowest BCUT2D eigenvalue weighted by molar-refractivity contribution is 0.600. The molecule has 0 aromatic heterocycles. The molecule has 2 aromatic rings. The van der Waals surface area contributed by atoms with E-state index in [4.69, 9.17) is 0 Å². The molecular weight excluding hydrogens is 364 g/mol. The molecule has 0 atom stereocenters. The third-order valence-corrected chi connectivity index (χ3v) is 5.46. The van der Waals surface area contributed by atoms with Gasteiger partial charge in [0.2, 0.25) is 10.0 Å². The van der Waals surface area contributed by atoms with Gasteiger partial charge in [0.15, 0.2) is 0 Å². The molecule has 0 saturated carbocycles. The largest absolute Gasteiger partial charge is 0.356 e. The van der Waals surface area contributed by atoms with Crippen molar-refractivity contribution in [1.29, 1.82) is 0 Å². The standard InChI is InChI=1S/C16H19BrN2O2S/c1-3-10-22(20,21)19-14-6-4-13(5-7-14)18-15-8-9-16(17)12(2)11-15/h4-9,11,18-19H,3,10H2,1-2H3. The first-order chi connectivity index (χ1) is 10.4. The second-order valence-electron chi connectivity index (χ2n) is 5.09. The Morgan fingerprint density at radius 1 is 1.00 bits per heavy atom. The molecule has 0 saturated heterocycles. The van der Waals surface area contributed by atoms with Gasteiger partial charge in [-0.25, -0.2) is 8.42 Å². The zero-order valence-electron chi connectivity index (χ0n) is 12.6. The van der Waals surface area contributed by atoms with Gasteiger partial charge in [0.1, 0.15) is 0 Å². The van der Waals surface area contributed by atoms with Crippen molar-refractivity contribution in [1.82, 2.24) is 0 Å². The predicted molar refractivity (Wildman–Crippen MR) is 96.3 cm³/mol. The van der Waals surface area contributed by atoms with Gasteiger partial charge >= 0.3 is 0 Å². The summed E-state index contributed by atoms with van der Waals surface area (Å²) in [6.45, 7) is 3.87. The van der Waals surface area contributed by atoms with Crippen molar-refractivity contribution in [2.45, 2.75) is 20.3 Å². The normalized spacial score (nSPS) is 11.2. The number of hydrogen-bond donors (Lipinski definition) is 2. The summed E-state index contributed by atoms with van der Waals surface area (Å²) >= 11 is 3.47. The number of hydrogen-bond acceptors (Lipinski definition) is 3. The monoisotopic (exact) mass is 382 g/mol. The highest BCUT2D eigenvalue weighted by Crippen LogP contribution is 2.24. The topological polar surface area (TPSA) is 58.2 Å². The molecule has 22 heavy (non-hydrogen) atoms. The van der Waals surface area contributed by atoms with E-state index in [2.05, 4.69) is 26.0 Å². The summed E-state index contributed by atoms with van der Waals surface area (Å²) in [4.78, 5) is 0. The summed E-state index contributed by atoms with van der Waals surface area (Å²) in [7, 11) is -3.24. The average Bonchev–Trinajstić information content (AvgIpc) is 2.44. The molecular formula is C16H19BrN2O2S. The fourth-order valence-corrected chi connectivity index (χ4v) is 3.39. The summed E-state index contributed by atoms with van der Waals surface area (Å²) in [5, 5.41) is 3.29. The number of rotatable bonds is 6. The summed E-state index contributed by atoms with van der Waals surface area (Å²) in [5.41, 5.74) is 3.61. The second kappa shape index (κ2) is 7.15. The highest BCUT2D eigenvalue weighted by molar-refractivity contribution is 9.10. The van der Waals surface area contributed by atoms with Crippen LogP contribution in [0, 0.1) is 6.92 Å². The number of anilines is 3. The Labute approximate surface area is 140 Å². The Kier molecular flexibility index (Phi) is 5.47. The summed E-state index contributed by atoms with van der Waals surface area (Å²) < 4.78 is 27.1. The number of aryl methyl sites for hydroxylation is 1. The summed E-state index contributed by atoms with van der Waals surface area (Å²) in [5.74, 6) is 0.130. The molecule has 4 nitrogen and oxygen atoms in total. The van der Waals surface area contributed by atoms with Crippen LogP contribution in [-0.2, 0) is 10.0 Å². The van der Waals surface area contributed by atoms with Crippen LogP contribution in [0.1, 0.15) is 18.9 Å². The minimum absolute atomic E-state index is 0.130. The van der Waals surface area contributed by atoms with Crippen molar-refractivity contribution in [3.8, 4) is 0 Å². The highest BCUT2D eigenvalue weighted by Gasteiger charge is 2.08. The molecule has 0 fully saturated rings. The lowest BCUT2D eigenvalue weighted by atomic mass is 10.2. The molecule has 2 N–H and O–H groups in total. The van der Waals surface area contributed by atoms with Gasteiger partial charge < -0.3 is 5.32 Å². The van der Waals surface area contributed by atoms with E-state index in [9.17, 15) is 8.42 Å². The first-order valence-corrected chi connectivity index (χ1v) is 9.48. The molecule has 0 bridgehead atoms. The molecule has 0 aliphatic carbocycles. The minimum atomic E-state index is -3.24. The van der Waals surface area contributed by atoms with Crippen molar-refractivity contribution in [2.24, 2.45) is 0 Å². The van der Waals surface area contributed by atoms with Crippen LogP contribution in [0.3, 0.4) is 0 Å². The van der Waals surface area contributed by atoms with Crippen LogP contribution in [0.2, 0.25) is 0 Å². The fraction of sp³-hybridized carbons (Fsp3) is 0.250. The van der Waals surface area contributed by atoms with Crippen LogP contribution in [-0.4, -0.2) is 14.2 Å². The van der Waals surface area contributed by atoms with Gasteiger partial charge in [-0.2, -0.15) is 0 Å². The second-order valence-corrected chi connectivity index (χ2v) is 7.78. The zero-order valence-corrected chi connectivity index (χ0v) is 15.0. The van der Waals surface area contributed by atoms with Crippen molar-refractivity contribution < 1.29 is 8.42 Å². The number of nitrogens with one attached hydrogen (secondary N) is 2. The van der Waals surface area contributed by atoms with Crippen molar-refractivity contribution in [3.05, 3.63) is 52.5 Å². The van der Waals surface area contributed by atoms with Crippen LogP contribution >= 0.6 is 15.9 Å². The van der Waals surface area contributed by atoms with E-state index in [0.717, 1.165) is 21.4 Å². The van der Waals surface area contributed by atoms with E-state index in [0.29, 0.717) is 12.1 Å². The molecule has 118 valence electrons. The number of halogens is 1. The lowest BCUT2D eigenvalue weighted by Gasteiger charge is -2.10. The Balaban J connectivity index is 2.07.